The van der Waals surface area contributed by atoms with Crippen molar-refractivity contribution in [1.82, 2.24) is 19.8 Å². The highest BCUT2D eigenvalue weighted by Crippen LogP contribution is 2.14. The van der Waals surface area contributed by atoms with Crippen molar-refractivity contribution in [2.24, 2.45) is 0 Å². The lowest BCUT2D eigenvalue weighted by atomic mass is 10.2. The first-order chi connectivity index (χ1) is 13.0. The SMILES string of the molecule is O=C(O)c1cnc(C(=O)N(CCN2CCCC2)Cc2ccc(Cl)cc2)cn1. The smallest absolute Gasteiger partial charge is 0.356 e. The van der Waals surface area contributed by atoms with E-state index in [1.807, 2.05) is 12.1 Å². The molecule has 8 heteroatoms. The average Bonchev–Trinajstić information content (AvgIpc) is 3.20. The minimum atomic E-state index is -1.17. The average molecular weight is 389 g/mol. The number of benzene rings is 1. The number of hydrogen-bond acceptors (Lipinski definition) is 5. The summed E-state index contributed by atoms with van der Waals surface area (Å²) in [6.45, 7) is 3.88. The summed E-state index contributed by atoms with van der Waals surface area (Å²) in [5.41, 5.74) is 0.910. The minimum absolute atomic E-state index is 0.135. The van der Waals surface area contributed by atoms with Gasteiger partial charge in [-0.3, -0.25) is 4.79 Å². The number of nitrogens with zero attached hydrogens (tertiary/aromatic N) is 4. The molecular weight excluding hydrogens is 368 g/mol. The number of hydrogen-bond donors (Lipinski definition) is 1. The van der Waals surface area contributed by atoms with Gasteiger partial charge in [0.25, 0.3) is 5.91 Å². The van der Waals surface area contributed by atoms with Gasteiger partial charge in [0.05, 0.1) is 12.4 Å². The topological polar surface area (TPSA) is 86.6 Å². The van der Waals surface area contributed by atoms with E-state index in [4.69, 9.17) is 16.7 Å². The maximum absolute atomic E-state index is 12.9. The lowest BCUT2D eigenvalue weighted by Gasteiger charge is -2.25. The van der Waals surface area contributed by atoms with Crippen molar-refractivity contribution in [2.45, 2.75) is 19.4 Å². The van der Waals surface area contributed by atoms with Gasteiger partial charge in [-0.1, -0.05) is 23.7 Å². The summed E-state index contributed by atoms with van der Waals surface area (Å²) in [5, 5.41) is 9.57. The Bertz CT molecular complexity index is 790. The standard InChI is InChI=1S/C19H21ClN4O3/c20-15-5-3-14(4-6-15)13-24(10-9-23-7-1-2-8-23)18(25)16-11-22-17(12-21-16)19(26)27/h3-6,11-12H,1-2,7-10,13H2,(H,26,27). The molecular formula is C19H21ClN4O3. The molecule has 1 aromatic heterocycles. The van der Waals surface area contributed by atoms with Crippen LogP contribution in [0, 0.1) is 0 Å². The van der Waals surface area contributed by atoms with Crippen molar-refractivity contribution in [1.29, 1.82) is 0 Å². The summed E-state index contributed by atoms with van der Waals surface area (Å²) in [6.07, 6.45) is 4.70. The van der Waals surface area contributed by atoms with Crippen molar-refractivity contribution >= 4 is 23.5 Å². The van der Waals surface area contributed by atoms with Crippen LogP contribution in [0.15, 0.2) is 36.7 Å². The van der Waals surface area contributed by atoms with E-state index < -0.39 is 5.97 Å². The van der Waals surface area contributed by atoms with Gasteiger partial charge in [-0.15, -0.1) is 0 Å². The van der Waals surface area contributed by atoms with Crippen LogP contribution in [-0.4, -0.2) is 62.9 Å². The van der Waals surface area contributed by atoms with Crippen LogP contribution < -0.4 is 0 Å². The van der Waals surface area contributed by atoms with Crippen LogP contribution in [0.4, 0.5) is 0 Å². The van der Waals surface area contributed by atoms with Crippen LogP contribution in [-0.2, 0) is 6.54 Å². The summed E-state index contributed by atoms with van der Waals surface area (Å²) >= 11 is 5.94. The number of carbonyl (C=O) groups excluding carboxylic acids is 1. The predicted octanol–water partition coefficient (Wildman–Crippen LogP) is 2.57. The summed E-state index contributed by atoms with van der Waals surface area (Å²) in [5.74, 6) is -1.44. The molecule has 2 heterocycles. The molecule has 7 nitrogen and oxygen atoms in total. The fourth-order valence-corrected chi connectivity index (χ4v) is 3.17. The van der Waals surface area contributed by atoms with Crippen LogP contribution in [0.5, 0.6) is 0 Å². The zero-order valence-corrected chi connectivity index (χ0v) is 15.6. The molecule has 0 bridgehead atoms. The molecule has 3 rings (SSSR count). The molecule has 1 saturated heterocycles. The number of carboxylic acids is 1. The second-order valence-electron chi connectivity index (χ2n) is 6.49. The number of halogens is 1. The number of carbonyl (C=O) groups is 2. The van der Waals surface area contributed by atoms with E-state index in [1.54, 1.807) is 17.0 Å². The van der Waals surface area contributed by atoms with Gasteiger partial charge in [-0.25, -0.2) is 14.8 Å². The van der Waals surface area contributed by atoms with Gasteiger partial charge < -0.3 is 14.9 Å². The van der Waals surface area contributed by atoms with Crippen molar-refractivity contribution in [3.8, 4) is 0 Å². The maximum Gasteiger partial charge on any atom is 0.356 e. The number of aromatic nitrogens is 2. The van der Waals surface area contributed by atoms with E-state index in [9.17, 15) is 9.59 Å². The van der Waals surface area contributed by atoms with Crippen molar-refractivity contribution in [3.63, 3.8) is 0 Å². The zero-order chi connectivity index (χ0) is 19.2. The molecule has 0 saturated carbocycles. The highest BCUT2D eigenvalue weighted by Gasteiger charge is 2.21. The first kappa shape index (κ1) is 19.3. The van der Waals surface area contributed by atoms with Gasteiger partial charge in [0.15, 0.2) is 5.69 Å². The van der Waals surface area contributed by atoms with E-state index in [1.165, 1.54) is 19.0 Å². The molecule has 0 spiro atoms. The molecule has 1 fully saturated rings. The number of carboxylic acid groups (broad SMARTS) is 1. The minimum Gasteiger partial charge on any atom is -0.476 e. The summed E-state index contributed by atoms with van der Waals surface area (Å²) < 4.78 is 0. The van der Waals surface area contributed by atoms with Gasteiger partial charge >= 0.3 is 5.97 Å². The molecule has 1 aliphatic rings. The molecule has 1 aliphatic heterocycles. The molecule has 0 aliphatic carbocycles. The van der Waals surface area contributed by atoms with E-state index in [0.717, 1.165) is 31.4 Å². The highest BCUT2D eigenvalue weighted by molar-refractivity contribution is 6.30. The lowest BCUT2D eigenvalue weighted by molar-refractivity contribution is 0.0682. The number of likely N-dealkylation sites (tertiary alicyclic amines) is 1. The Hall–Kier alpha value is -2.51. The van der Waals surface area contributed by atoms with Gasteiger partial charge in [0.2, 0.25) is 0 Å². The largest absolute Gasteiger partial charge is 0.476 e. The Kier molecular flexibility index (Phi) is 6.36. The molecule has 1 N–H and O–H groups in total. The molecule has 0 radical (unpaired) electrons. The number of rotatable bonds is 7. The second kappa shape index (κ2) is 8.92. The Morgan fingerprint density at radius 3 is 2.30 bits per heavy atom. The molecule has 142 valence electrons. The normalized spacial score (nSPS) is 14.3. The summed E-state index contributed by atoms with van der Waals surface area (Å²) in [6, 6.07) is 7.36. The fourth-order valence-electron chi connectivity index (χ4n) is 3.04. The van der Waals surface area contributed by atoms with Crippen LogP contribution in [0.1, 0.15) is 39.4 Å². The fraction of sp³-hybridized carbons (Fsp3) is 0.368. The van der Waals surface area contributed by atoms with E-state index in [-0.39, 0.29) is 17.3 Å². The molecule has 2 aromatic rings. The first-order valence-electron chi connectivity index (χ1n) is 8.84. The third kappa shape index (κ3) is 5.24. The van der Waals surface area contributed by atoms with Crippen LogP contribution in [0.2, 0.25) is 5.02 Å². The van der Waals surface area contributed by atoms with Gasteiger partial charge in [-0.2, -0.15) is 0 Å². The Morgan fingerprint density at radius 1 is 1.07 bits per heavy atom. The first-order valence-corrected chi connectivity index (χ1v) is 9.22. The molecule has 27 heavy (non-hydrogen) atoms. The van der Waals surface area contributed by atoms with Gasteiger partial charge in [0, 0.05) is 24.7 Å². The quantitative estimate of drug-likeness (QED) is 0.784. The van der Waals surface area contributed by atoms with Crippen molar-refractivity contribution in [3.05, 3.63) is 58.6 Å². The lowest BCUT2D eigenvalue weighted by Crippen LogP contribution is -2.38. The predicted molar refractivity (Wildman–Crippen MR) is 101 cm³/mol. The van der Waals surface area contributed by atoms with Crippen LogP contribution in [0.25, 0.3) is 0 Å². The van der Waals surface area contributed by atoms with E-state index >= 15 is 0 Å². The van der Waals surface area contributed by atoms with Crippen LogP contribution in [0.3, 0.4) is 0 Å². The van der Waals surface area contributed by atoms with Gasteiger partial charge in [-0.05, 0) is 43.6 Å². The zero-order valence-electron chi connectivity index (χ0n) is 14.8. The second-order valence-corrected chi connectivity index (χ2v) is 6.93. The van der Waals surface area contributed by atoms with Gasteiger partial charge in [0.1, 0.15) is 5.69 Å². The maximum atomic E-state index is 12.9. The highest BCUT2D eigenvalue weighted by atomic mass is 35.5. The number of aromatic carboxylic acids is 1. The third-order valence-electron chi connectivity index (χ3n) is 4.55. The van der Waals surface area contributed by atoms with E-state index in [0.29, 0.717) is 18.1 Å². The Balaban J connectivity index is 1.74. The van der Waals surface area contributed by atoms with E-state index in [2.05, 4.69) is 14.9 Å². The molecule has 1 aromatic carbocycles. The van der Waals surface area contributed by atoms with Crippen LogP contribution >= 0.6 is 11.6 Å². The van der Waals surface area contributed by atoms with Crippen molar-refractivity contribution < 1.29 is 14.7 Å². The molecule has 0 atom stereocenters. The number of amides is 1. The summed E-state index contributed by atoms with van der Waals surface area (Å²) in [4.78, 5) is 35.7. The third-order valence-corrected chi connectivity index (χ3v) is 4.80. The Morgan fingerprint density at radius 2 is 1.70 bits per heavy atom. The molecule has 1 amide bonds. The molecule has 0 unspecified atom stereocenters. The summed E-state index contributed by atoms with van der Waals surface area (Å²) in [7, 11) is 0. The Labute approximate surface area is 162 Å². The van der Waals surface area contributed by atoms with Crippen molar-refractivity contribution in [2.75, 3.05) is 26.2 Å². The monoisotopic (exact) mass is 388 g/mol.